The zero-order chi connectivity index (χ0) is 26.1. The average Bonchev–Trinajstić information content (AvgIpc) is 3.34. The fourth-order valence-electron chi connectivity index (χ4n) is 6.28. The lowest BCUT2D eigenvalue weighted by Gasteiger charge is -2.36. The zero-order valence-electron chi connectivity index (χ0n) is 22.6. The molecular weight excluding hydrogens is 458 g/mol. The SMILES string of the molecule is CCC(C)C(C(=O)NCCC1=CCCCC1)N1C(=O)c2ccccc2C1c1c(C)n(C)c2ccccc12. The molecule has 1 N–H and O–H groups in total. The second-order valence-electron chi connectivity index (χ2n) is 10.8. The summed E-state index contributed by atoms with van der Waals surface area (Å²) in [6.07, 6.45) is 8.81. The van der Waals surface area contributed by atoms with Crippen molar-refractivity contribution in [2.24, 2.45) is 13.0 Å². The van der Waals surface area contributed by atoms with Crippen LogP contribution in [0.15, 0.2) is 60.2 Å². The summed E-state index contributed by atoms with van der Waals surface area (Å²) in [5, 5.41) is 4.35. The molecule has 2 amide bonds. The predicted molar refractivity (Wildman–Crippen MR) is 150 cm³/mol. The van der Waals surface area contributed by atoms with Crippen molar-refractivity contribution >= 4 is 22.7 Å². The Morgan fingerprint density at radius 3 is 2.62 bits per heavy atom. The molecule has 2 aliphatic rings. The maximum absolute atomic E-state index is 14.1. The molecule has 2 aromatic carbocycles. The van der Waals surface area contributed by atoms with Crippen LogP contribution in [0.3, 0.4) is 0 Å². The number of para-hydroxylation sites is 1. The number of hydrogen-bond donors (Lipinski definition) is 1. The van der Waals surface area contributed by atoms with Crippen LogP contribution in [0.1, 0.15) is 85.6 Å². The normalized spacial score (nSPS) is 19.0. The Bertz CT molecular complexity index is 1350. The van der Waals surface area contributed by atoms with Gasteiger partial charge in [0, 0.05) is 41.3 Å². The lowest BCUT2D eigenvalue weighted by molar-refractivity contribution is -0.127. The van der Waals surface area contributed by atoms with Gasteiger partial charge in [-0.2, -0.15) is 0 Å². The van der Waals surface area contributed by atoms with Crippen LogP contribution in [0.2, 0.25) is 0 Å². The molecule has 194 valence electrons. The Balaban J connectivity index is 1.55. The van der Waals surface area contributed by atoms with Crippen molar-refractivity contribution in [1.29, 1.82) is 0 Å². The van der Waals surface area contributed by atoms with E-state index in [2.05, 4.69) is 68.0 Å². The second kappa shape index (κ2) is 10.6. The molecule has 0 bridgehead atoms. The van der Waals surface area contributed by atoms with Gasteiger partial charge in [0.05, 0.1) is 6.04 Å². The van der Waals surface area contributed by atoms with Gasteiger partial charge in [-0.25, -0.2) is 0 Å². The van der Waals surface area contributed by atoms with Gasteiger partial charge in [0.1, 0.15) is 6.04 Å². The van der Waals surface area contributed by atoms with Crippen LogP contribution >= 0.6 is 0 Å². The van der Waals surface area contributed by atoms with E-state index in [4.69, 9.17) is 0 Å². The van der Waals surface area contributed by atoms with Crippen molar-refractivity contribution in [3.05, 3.63) is 82.6 Å². The lowest BCUT2D eigenvalue weighted by atomic mass is 9.91. The van der Waals surface area contributed by atoms with E-state index < -0.39 is 6.04 Å². The molecule has 1 aliphatic heterocycles. The molecule has 3 aromatic rings. The van der Waals surface area contributed by atoms with Gasteiger partial charge in [-0.3, -0.25) is 9.59 Å². The third-order valence-electron chi connectivity index (χ3n) is 8.60. The zero-order valence-corrected chi connectivity index (χ0v) is 22.6. The average molecular weight is 498 g/mol. The Morgan fingerprint density at radius 2 is 1.86 bits per heavy atom. The molecule has 3 atom stereocenters. The van der Waals surface area contributed by atoms with Crippen molar-refractivity contribution in [3.63, 3.8) is 0 Å². The van der Waals surface area contributed by atoms with Gasteiger partial charge in [-0.15, -0.1) is 0 Å². The summed E-state index contributed by atoms with van der Waals surface area (Å²) in [4.78, 5) is 29.8. The van der Waals surface area contributed by atoms with Crippen molar-refractivity contribution in [2.45, 2.75) is 71.4 Å². The molecule has 5 heteroatoms. The quantitative estimate of drug-likeness (QED) is 0.364. The van der Waals surface area contributed by atoms with Crippen LogP contribution in [0.4, 0.5) is 0 Å². The lowest BCUT2D eigenvalue weighted by Crippen LogP contribution is -2.52. The molecule has 0 spiro atoms. The first kappa shape index (κ1) is 25.3. The second-order valence-corrected chi connectivity index (χ2v) is 10.8. The highest BCUT2D eigenvalue weighted by Gasteiger charge is 2.46. The van der Waals surface area contributed by atoms with Gasteiger partial charge >= 0.3 is 0 Å². The van der Waals surface area contributed by atoms with Crippen LogP contribution in [-0.2, 0) is 11.8 Å². The summed E-state index contributed by atoms with van der Waals surface area (Å²) in [6.45, 7) is 6.93. The van der Waals surface area contributed by atoms with Gasteiger partial charge < -0.3 is 14.8 Å². The number of aryl methyl sites for hydroxylation is 1. The van der Waals surface area contributed by atoms with Crippen LogP contribution in [0, 0.1) is 12.8 Å². The number of fused-ring (bicyclic) bond motifs is 2. The van der Waals surface area contributed by atoms with E-state index >= 15 is 0 Å². The van der Waals surface area contributed by atoms with Crippen LogP contribution in [0.25, 0.3) is 10.9 Å². The smallest absolute Gasteiger partial charge is 0.255 e. The number of nitrogens with zero attached hydrogens (tertiary/aromatic N) is 2. The highest BCUT2D eigenvalue weighted by atomic mass is 16.2. The molecule has 5 rings (SSSR count). The molecule has 37 heavy (non-hydrogen) atoms. The summed E-state index contributed by atoms with van der Waals surface area (Å²) in [7, 11) is 2.08. The number of carbonyl (C=O) groups is 2. The topological polar surface area (TPSA) is 54.3 Å². The summed E-state index contributed by atoms with van der Waals surface area (Å²) in [5.74, 6) is -0.0804. The first-order valence-electron chi connectivity index (χ1n) is 13.8. The third-order valence-corrected chi connectivity index (χ3v) is 8.60. The van der Waals surface area contributed by atoms with Crippen LogP contribution in [0.5, 0.6) is 0 Å². The number of hydrogen-bond acceptors (Lipinski definition) is 2. The Morgan fingerprint density at radius 1 is 1.11 bits per heavy atom. The Labute approximate surface area is 220 Å². The highest BCUT2D eigenvalue weighted by molar-refractivity contribution is 6.03. The fourth-order valence-corrected chi connectivity index (χ4v) is 6.28. The van der Waals surface area contributed by atoms with Crippen molar-refractivity contribution in [1.82, 2.24) is 14.8 Å². The van der Waals surface area contributed by atoms with E-state index in [1.54, 1.807) is 0 Å². The van der Waals surface area contributed by atoms with E-state index in [-0.39, 0.29) is 23.8 Å². The molecule has 0 fully saturated rings. The number of carbonyl (C=O) groups excluding carboxylic acids is 2. The third kappa shape index (κ3) is 4.49. The molecule has 3 unspecified atom stereocenters. The van der Waals surface area contributed by atoms with Gasteiger partial charge in [-0.1, -0.05) is 68.3 Å². The molecule has 1 aromatic heterocycles. The minimum absolute atomic E-state index is 0.0185. The molecule has 1 aliphatic carbocycles. The van der Waals surface area contributed by atoms with E-state index in [1.807, 2.05) is 29.2 Å². The van der Waals surface area contributed by atoms with Gasteiger partial charge in [0.25, 0.3) is 5.91 Å². The van der Waals surface area contributed by atoms with Crippen molar-refractivity contribution in [3.8, 4) is 0 Å². The number of amides is 2. The first-order chi connectivity index (χ1) is 17.9. The van der Waals surface area contributed by atoms with E-state index in [0.29, 0.717) is 12.1 Å². The maximum Gasteiger partial charge on any atom is 0.255 e. The molecule has 0 saturated heterocycles. The number of nitrogens with one attached hydrogen (secondary N) is 1. The number of aromatic nitrogens is 1. The minimum Gasteiger partial charge on any atom is -0.354 e. The number of rotatable bonds is 8. The Hall–Kier alpha value is -3.34. The standard InChI is InChI=1S/C32H39N3O2/c1-5-21(2)29(31(36)33-20-19-23-13-7-6-8-14-23)35-30(24-15-9-10-16-25(24)32(35)37)28-22(3)34(4)27-18-12-11-17-26(27)28/h9-13,15-18,21,29-30H,5-8,14,19-20H2,1-4H3,(H,33,36). The maximum atomic E-state index is 14.1. The van der Waals surface area contributed by atoms with E-state index in [0.717, 1.165) is 53.4 Å². The monoisotopic (exact) mass is 497 g/mol. The van der Waals surface area contributed by atoms with Crippen LogP contribution in [-0.4, -0.2) is 33.9 Å². The molecule has 2 heterocycles. The molecule has 5 nitrogen and oxygen atoms in total. The number of allylic oxidation sites excluding steroid dienone is 1. The van der Waals surface area contributed by atoms with E-state index in [9.17, 15) is 9.59 Å². The summed E-state index contributed by atoms with van der Waals surface area (Å²) in [6, 6.07) is 15.4. The van der Waals surface area contributed by atoms with Crippen molar-refractivity contribution in [2.75, 3.05) is 6.54 Å². The van der Waals surface area contributed by atoms with Crippen LogP contribution < -0.4 is 5.32 Å². The first-order valence-corrected chi connectivity index (χ1v) is 13.8. The number of benzene rings is 2. The van der Waals surface area contributed by atoms with Gasteiger partial charge in [-0.05, 0) is 62.6 Å². The Kier molecular flexibility index (Phi) is 7.23. The van der Waals surface area contributed by atoms with E-state index in [1.165, 1.54) is 18.4 Å². The molecular formula is C32H39N3O2. The summed E-state index contributed by atoms with van der Waals surface area (Å²) in [5.41, 5.74) is 6.50. The summed E-state index contributed by atoms with van der Waals surface area (Å²) < 4.78 is 2.20. The van der Waals surface area contributed by atoms with Crippen molar-refractivity contribution < 1.29 is 9.59 Å². The predicted octanol–water partition coefficient (Wildman–Crippen LogP) is 6.45. The molecule has 0 saturated carbocycles. The minimum atomic E-state index is -0.548. The largest absolute Gasteiger partial charge is 0.354 e. The summed E-state index contributed by atoms with van der Waals surface area (Å²) >= 11 is 0. The van der Waals surface area contributed by atoms with Gasteiger partial charge in [0.2, 0.25) is 5.91 Å². The highest BCUT2D eigenvalue weighted by Crippen LogP contribution is 2.45. The molecule has 0 radical (unpaired) electrons. The van der Waals surface area contributed by atoms with Gasteiger partial charge in [0.15, 0.2) is 0 Å². The fraction of sp³-hybridized carbons (Fsp3) is 0.438.